The highest BCUT2D eigenvalue weighted by Crippen LogP contribution is 2.23. The van der Waals surface area contributed by atoms with E-state index in [1.165, 1.54) is 0 Å². The Morgan fingerprint density at radius 2 is 1.69 bits per heavy atom. The van der Waals surface area contributed by atoms with Crippen molar-refractivity contribution in [3.63, 3.8) is 0 Å². The van der Waals surface area contributed by atoms with E-state index in [2.05, 4.69) is 17.6 Å². The van der Waals surface area contributed by atoms with E-state index in [4.69, 9.17) is 4.74 Å². The van der Waals surface area contributed by atoms with Gasteiger partial charge in [0.15, 0.2) is 0 Å². The number of nitrogens with one attached hydrogen (secondary N) is 2. The van der Waals surface area contributed by atoms with Crippen LogP contribution in [0.2, 0.25) is 0 Å². The lowest BCUT2D eigenvalue weighted by atomic mass is 9.96. The van der Waals surface area contributed by atoms with E-state index >= 15 is 0 Å². The second-order valence-electron chi connectivity index (χ2n) is 10.2. The Morgan fingerprint density at radius 3 is 2.26 bits per heavy atom. The quantitative estimate of drug-likeness (QED) is 0.477. The molecule has 2 unspecified atom stereocenters. The van der Waals surface area contributed by atoms with Gasteiger partial charge in [-0.15, -0.1) is 0 Å². The lowest BCUT2D eigenvalue weighted by Crippen LogP contribution is -2.55. The third-order valence-corrected chi connectivity index (χ3v) is 6.08. The van der Waals surface area contributed by atoms with Gasteiger partial charge in [0.25, 0.3) is 0 Å². The first kappa shape index (κ1) is 26.7. The van der Waals surface area contributed by atoms with Crippen LogP contribution in [0.5, 0.6) is 0 Å². The monoisotopic (exact) mass is 481 g/mol. The van der Waals surface area contributed by atoms with E-state index in [1.807, 2.05) is 65.6 Å². The Bertz CT molecular complexity index is 946. The Hall–Kier alpha value is -2.90. The van der Waals surface area contributed by atoms with Crippen LogP contribution < -0.4 is 10.6 Å². The van der Waals surface area contributed by atoms with Gasteiger partial charge < -0.3 is 20.1 Å². The minimum absolute atomic E-state index is 0.161. The van der Waals surface area contributed by atoms with Crippen LogP contribution in [-0.4, -0.2) is 52.0 Å². The molecule has 35 heavy (non-hydrogen) atoms. The molecule has 0 aromatic heterocycles. The highest BCUT2D eigenvalue weighted by atomic mass is 16.6. The molecule has 3 rings (SSSR count). The summed E-state index contributed by atoms with van der Waals surface area (Å²) in [7, 11) is 0. The molecule has 0 bridgehead atoms. The number of hydrogen-bond donors (Lipinski definition) is 3. The van der Waals surface area contributed by atoms with Crippen LogP contribution in [0.25, 0.3) is 0 Å². The largest absolute Gasteiger partial charge is 0.444 e. The minimum Gasteiger partial charge on any atom is -0.444 e. The van der Waals surface area contributed by atoms with Gasteiger partial charge in [-0.2, -0.15) is 0 Å². The van der Waals surface area contributed by atoms with Crippen molar-refractivity contribution < 1.29 is 19.4 Å². The highest BCUT2D eigenvalue weighted by molar-refractivity contribution is 5.85. The highest BCUT2D eigenvalue weighted by Gasteiger charge is 2.45. The molecule has 4 atom stereocenters. The Kier molecular flexibility index (Phi) is 9.29. The van der Waals surface area contributed by atoms with Gasteiger partial charge in [0, 0.05) is 6.54 Å². The van der Waals surface area contributed by atoms with Gasteiger partial charge in [-0.1, -0.05) is 80.4 Å². The summed E-state index contributed by atoms with van der Waals surface area (Å²) in [5.41, 5.74) is 1.31. The van der Waals surface area contributed by atoms with Crippen LogP contribution in [-0.2, 0) is 22.5 Å². The van der Waals surface area contributed by atoms with E-state index in [-0.39, 0.29) is 12.1 Å². The van der Waals surface area contributed by atoms with Crippen molar-refractivity contribution in [1.29, 1.82) is 0 Å². The number of unbranched alkanes of at least 4 members (excludes halogenated alkanes) is 1. The molecule has 190 valence electrons. The molecular formula is C28H39N3O4. The van der Waals surface area contributed by atoms with Crippen molar-refractivity contribution in [1.82, 2.24) is 15.5 Å². The molecular weight excluding hydrogens is 442 g/mol. The van der Waals surface area contributed by atoms with Gasteiger partial charge in [-0.05, 0) is 44.7 Å². The molecule has 1 aliphatic rings. The first-order valence-electron chi connectivity index (χ1n) is 12.5. The number of nitrogens with zero attached hydrogens (tertiary/aromatic N) is 1. The number of carbonyl (C=O) groups is 2. The van der Waals surface area contributed by atoms with Crippen molar-refractivity contribution in [2.75, 3.05) is 0 Å². The maximum atomic E-state index is 13.6. The van der Waals surface area contributed by atoms with Gasteiger partial charge >= 0.3 is 6.09 Å². The number of hydrogen-bond acceptors (Lipinski definition) is 5. The van der Waals surface area contributed by atoms with Crippen LogP contribution in [0.3, 0.4) is 0 Å². The topological polar surface area (TPSA) is 90.9 Å². The predicted molar refractivity (Wildman–Crippen MR) is 137 cm³/mol. The van der Waals surface area contributed by atoms with E-state index in [9.17, 15) is 14.7 Å². The van der Waals surface area contributed by atoms with Crippen LogP contribution in [0.4, 0.5) is 4.79 Å². The zero-order valence-electron chi connectivity index (χ0n) is 21.2. The summed E-state index contributed by atoms with van der Waals surface area (Å²) in [6.07, 6.45) is 1.19. The molecule has 7 heteroatoms. The number of aliphatic hydroxyl groups is 1. The number of ether oxygens (including phenoxy) is 1. The average Bonchev–Trinajstić information content (AvgIpc) is 3.12. The summed E-state index contributed by atoms with van der Waals surface area (Å²) >= 11 is 0. The standard InChI is InChI=1S/C28H39N3O4/c1-5-6-17-23-30-24(26(33)31(23)19-21-15-11-8-12-16-21)25(32)22(18-20-13-9-7-10-14-20)29-27(34)35-28(2,3)4/h7-16,22-25,30,32H,5-6,17-19H2,1-4H3,(H,29,34)/t22-,23?,24?,25+/m0/s1. The lowest BCUT2D eigenvalue weighted by molar-refractivity contribution is -0.133. The summed E-state index contributed by atoms with van der Waals surface area (Å²) < 4.78 is 5.44. The third-order valence-electron chi connectivity index (χ3n) is 6.08. The van der Waals surface area contributed by atoms with Crippen molar-refractivity contribution in [2.45, 2.75) is 89.9 Å². The fourth-order valence-corrected chi connectivity index (χ4v) is 4.37. The number of rotatable bonds is 10. The van der Waals surface area contributed by atoms with Gasteiger partial charge in [-0.3, -0.25) is 10.1 Å². The molecule has 0 saturated carbocycles. The van der Waals surface area contributed by atoms with Gasteiger partial charge in [0.1, 0.15) is 11.6 Å². The van der Waals surface area contributed by atoms with E-state index in [0.717, 1.165) is 30.4 Å². The molecule has 1 saturated heterocycles. The first-order valence-corrected chi connectivity index (χ1v) is 12.5. The molecule has 0 radical (unpaired) electrons. The van der Waals surface area contributed by atoms with Crippen LogP contribution in [0.1, 0.15) is 58.1 Å². The number of amides is 2. The summed E-state index contributed by atoms with van der Waals surface area (Å²) in [5.74, 6) is -0.161. The molecule has 3 N–H and O–H groups in total. The number of alkyl carbamates (subject to hydrolysis) is 1. The molecule has 1 heterocycles. The third kappa shape index (κ3) is 7.80. The molecule has 2 amide bonds. The Labute approximate surface area is 208 Å². The zero-order chi connectivity index (χ0) is 25.4. The van der Waals surface area contributed by atoms with Crippen molar-refractivity contribution in [2.24, 2.45) is 0 Å². The first-order chi connectivity index (χ1) is 16.7. The zero-order valence-corrected chi connectivity index (χ0v) is 21.2. The summed E-state index contributed by atoms with van der Waals surface area (Å²) in [5, 5.41) is 17.6. The molecule has 1 fully saturated rings. The van der Waals surface area contributed by atoms with Crippen molar-refractivity contribution >= 4 is 12.0 Å². The minimum atomic E-state index is -1.14. The van der Waals surface area contributed by atoms with Crippen LogP contribution in [0.15, 0.2) is 60.7 Å². The van der Waals surface area contributed by atoms with Gasteiger partial charge in [-0.25, -0.2) is 4.79 Å². The number of aliphatic hydroxyl groups excluding tert-OH is 1. The Morgan fingerprint density at radius 1 is 1.09 bits per heavy atom. The molecule has 1 aliphatic heterocycles. The van der Waals surface area contributed by atoms with Crippen molar-refractivity contribution in [3.8, 4) is 0 Å². The average molecular weight is 482 g/mol. The Balaban J connectivity index is 1.81. The van der Waals surface area contributed by atoms with Crippen LogP contribution in [0, 0.1) is 0 Å². The fourth-order valence-electron chi connectivity index (χ4n) is 4.37. The number of benzene rings is 2. The van der Waals surface area contributed by atoms with E-state index < -0.39 is 29.9 Å². The second-order valence-corrected chi connectivity index (χ2v) is 10.2. The molecule has 2 aromatic carbocycles. The molecule has 2 aromatic rings. The molecule has 0 spiro atoms. The molecule has 7 nitrogen and oxygen atoms in total. The lowest BCUT2D eigenvalue weighted by Gasteiger charge is -2.29. The smallest absolute Gasteiger partial charge is 0.407 e. The van der Waals surface area contributed by atoms with Crippen molar-refractivity contribution in [3.05, 3.63) is 71.8 Å². The summed E-state index contributed by atoms with van der Waals surface area (Å²) in [6.45, 7) is 7.95. The van der Waals surface area contributed by atoms with Gasteiger partial charge in [0.05, 0.1) is 18.3 Å². The maximum absolute atomic E-state index is 13.6. The van der Waals surface area contributed by atoms with E-state index in [1.54, 1.807) is 20.8 Å². The summed E-state index contributed by atoms with van der Waals surface area (Å²) in [6, 6.07) is 17.9. The summed E-state index contributed by atoms with van der Waals surface area (Å²) in [4.78, 5) is 28.0. The SMILES string of the molecule is CCCCC1NC([C@H](O)[C@H](Cc2ccccc2)NC(=O)OC(C)(C)C)C(=O)N1Cc1ccccc1. The van der Waals surface area contributed by atoms with E-state index in [0.29, 0.717) is 13.0 Å². The predicted octanol–water partition coefficient (Wildman–Crippen LogP) is 4.00. The second kappa shape index (κ2) is 12.2. The van der Waals surface area contributed by atoms with Gasteiger partial charge in [0.2, 0.25) is 5.91 Å². The molecule has 0 aliphatic carbocycles. The fraction of sp³-hybridized carbons (Fsp3) is 0.500. The van der Waals surface area contributed by atoms with Crippen LogP contribution >= 0.6 is 0 Å². The normalized spacial score (nSPS) is 19.9. The number of carbonyl (C=O) groups excluding carboxylic acids is 2. The maximum Gasteiger partial charge on any atom is 0.407 e.